The van der Waals surface area contributed by atoms with Crippen molar-refractivity contribution < 1.29 is 0 Å². The first-order valence-corrected chi connectivity index (χ1v) is 5.32. The van der Waals surface area contributed by atoms with Gasteiger partial charge in [0.2, 0.25) is 0 Å². The van der Waals surface area contributed by atoms with E-state index in [9.17, 15) is 0 Å². The molecule has 0 aliphatic rings. The molecular formula is C11H21N3. The van der Waals surface area contributed by atoms with Crippen LogP contribution >= 0.6 is 0 Å². The third kappa shape index (κ3) is 1.97. The number of hydrogen-bond acceptors (Lipinski definition) is 2. The van der Waals surface area contributed by atoms with Crippen LogP contribution in [-0.2, 0) is 11.8 Å². The van der Waals surface area contributed by atoms with E-state index in [2.05, 4.69) is 51.9 Å². The Morgan fingerprint density at radius 1 is 1.29 bits per heavy atom. The van der Waals surface area contributed by atoms with E-state index in [1.54, 1.807) is 0 Å². The minimum Gasteiger partial charge on any atom is -0.246 e. The Bertz CT molecular complexity index is 305. The summed E-state index contributed by atoms with van der Waals surface area (Å²) in [6.07, 6.45) is 0.958. The van der Waals surface area contributed by atoms with Crippen LogP contribution in [0.5, 0.6) is 0 Å². The summed E-state index contributed by atoms with van der Waals surface area (Å²) in [4.78, 5) is 0. The highest BCUT2D eigenvalue weighted by molar-refractivity contribution is 5.19. The minimum absolute atomic E-state index is 0.124. The molecule has 0 aliphatic carbocycles. The molecule has 0 aromatic carbocycles. The van der Waals surface area contributed by atoms with Gasteiger partial charge in [-0.15, -0.1) is 5.10 Å². The van der Waals surface area contributed by atoms with Crippen molar-refractivity contribution in [2.24, 2.45) is 0 Å². The van der Waals surface area contributed by atoms with Gasteiger partial charge in [-0.25, -0.2) is 4.68 Å². The molecule has 1 aromatic rings. The molecule has 3 heteroatoms. The summed E-state index contributed by atoms with van der Waals surface area (Å²) in [5.41, 5.74) is 2.53. The molecule has 0 aliphatic heterocycles. The zero-order chi connectivity index (χ0) is 10.9. The maximum Gasteiger partial charge on any atom is 0.0862 e. The second-order valence-corrected chi connectivity index (χ2v) is 5.03. The highest BCUT2D eigenvalue weighted by atomic mass is 15.4. The van der Waals surface area contributed by atoms with E-state index in [0.717, 1.165) is 12.1 Å². The number of nitrogens with zero attached hydrogens (tertiary/aromatic N) is 3. The monoisotopic (exact) mass is 195 g/mol. The fourth-order valence-electron chi connectivity index (χ4n) is 1.70. The maximum atomic E-state index is 4.24. The van der Waals surface area contributed by atoms with Gasteiger partial charge >= 0.3 is 0 Å². The number of rotatable bonds is 2. The highest BCUT2D eigenvalue weighted by Gasteiger charge is 2.25. The van der Waals surface area contributed by atoms with Crippen molar-refractivity contribution in [1.29, 1.82) is 0 Å². The van der Waals surface area contributed by atoms with Gasteiger partial charge < -0.3 is 0 Å². The van der Waals surface area contributed by atoms with Gasteiger partial charge in [-0.1, -0.05) is 32.9 Å². The largest absolute Gasteiger partial charge is 0.246 e. The summed E-state index contributed by atoms with van der Waals surface area (Å²) < 4.78 is 2.04. The lowest BCUT2D eigenvalue weighted by molar-refractivity contribution is 0.438. The molecule has 0 atom stereocenters. The molecule has 0 radical (unpaired) electrons. The van der Waals surface area contributed by atoms with Crippen LogP contribution in [-0.4, -0.2) is 15.0 Å². The average molecular weight is 195 g/mol. The van der Waals surface area contributed by atoms with E-state index < -0.39 is 0 Å². The third-order valence-corrected chi connectivity index (χ3v) is 2.30. The van der Waals surface area contributed by atoms with Crippen molar-refractivity contribution in [2.75, 3.05) is 0 Å². The normalized spacial score (nSPS) is 12.5. The standard InChI is InChI=1S/C11H21N3/c1-7-9-10(11(4,5)6)14(8(2)3)13-12-9/h8H,7H2,1-6H3. The van der Waals surface area contributed by atoms with E-state index in [4.69, 9.17) is 0 Å². The second kappa shape index (κ2) is 3.71. The fourth-order valence-corrected chi connectivity index (χ4v) is 1.70. The Balaban J connectivity index is 3.27. The SMILES string of the molecule is CCc1nnn(C(C)C)c1C(C)(C)C. The molecule has 1 aromatic heterocycles. The van der Waals surface area contributed by atoms with E-state index in [-0.39, 0.29) is 5.41 Å². The number of aromatic nitrogens is 3. The summed E-state index contributed by atoms with van der Waals surface area (Å²) in [6, 6.07) is 0.386. The first-order chi connectivity index (χ1) is 6.38. The lowest BCUT2D eigenvalue weighted by Gasteiger charge is -2.22. The second-order valence-electron chi connectivity index (χ2n) is 5.03. The van der Waals surface area contributed by atoms with Gasteiger partial charge in [0.25, 0.3) is 0 Å². The first-order valence-electron chi connectivity index (χ1n) is 5.32. The van der Waals surface area contributed by atoms with Crippen molar-refractivity contribution in [3.8, 4) is 0 Å². The van der Waals surface area contributed by atoms with Gasteiger partial charge in [0.05, 0.1) is 11.4 Å². The molecule has 1 heterocycles. The van der Waals surface area contributed by atoms with Gasteiger partial charge in [-0.3, -0.25) is 0 Å². The summed E-state index contributed by atoms with van der Waals surface area (Å²) in [5, 5.41) is 8.45. The predicted octanol–water partition coefficient (Wildman–Crippen LogP) is 2.72. The average Bonchev–Trinajstić information content (AvgIpc) is 2.45. The lowest BCUT2D eigenvalue weighted by atomic mass is 9.89. The summed E-state index contributed by atoms with van der Waals surface area (Å²) in [5.74, 6) is 0. The Kier molecular flexibility index (Phi) is 2.98. The van der Waals surface area contributed by atoms with Crippen LogP contribution in [0.1, 0.15) is 59.0 Å². The van der Waals surface area contributed by atoms with Crippen molar-refractivity contribution in [3.63, 3.8) is 0 Å². The van der Waals surface area contributed by atoms with Crippen LogP contribution in [0.25, 0.3) is 0 Å². The Morgan fingerprint density at radius 2 is 1.86 bits per heavy atom. The Hall–Kier alpha value is -0.860. The molecule has 0 N–H and O–H groups in total. The Labute approximate surface area is 86.5 Å². The summed E-state index contributed by atoms with van der Waals surface area (Å²) in [6.45, 7) is 13.0. The molecule has 1 rings (SSSR count). The van der Waals surface area contributed by atoms with E-state index in [1.807, 2.05) is 4.68 Å². The lowest BCUT2D eigenvalue weighted by Crippen LogP contribution is -2.21. The number of hydrogen-bond donors (Lipinski definition) is 0. The topological polar surface area (TPSA) is 30.7 Å². The molecule has 0 bridgehead atoms. The van der Waals surface area contributed by atoms with Crippen LogP contribution in [0.4, 0.5) is 0 Å². The highest BCUT2D eigenvalue weighted by Crippen LogP contribution is 2.26. The predicted molar refractivity (Wildman–Crippen MR) is 58.5 cm³/mol. The van der Waals surface area contributed by atoms with Gasteiger partial charge in [-0.2, -0.15) is 0 Å². The molecule has 14 heavy (non-hydrogen) atoms. The molecule has 0 fully saturated rings. The third-order valence-electron chi connectivity index (χ3n) is 2.30. The smallest absolute Gasteiger partial charge is 0.0862 e. The zero-order valence-electron chi connectivity index (χ0n) is 10.1. The van der Waals surface area contributed by atoms with Gasteiger partial charge in [0, 0.05) is 11.5 Å². The van der Waals surface area contributed by atoms with Crippen LogP contribution in [0.3, 0.4) is 0 Å². The first kappa shape index (κ1) is 11.2. The molecular weight excluding hydrogens is 174 g/mol. The van der Waals surface area contributed by atoms with Crippen LogP contribution < -0.4 is 0 Å². The van der Waals surface area contributed by atoms with Gasteiger partial charge in [-0.05, 0) is 20.3 Å². The van der Waals surface area contributed by atoms with E-state index in [1.165, 1.54) is 5.69 Å². The van der Waals surface area contributed by atoms with Gasteiger partial charge in [0.15, 0.2) is 0 Å². The molecule has 0 spiro atoms. The van der Waals surface area contributed by atoms with Crippen molar-refractivity contribution in [3.05, 3.63) is 11.4 Å². The molecule has 0 amide bonds. The van der Waals surface area contributed by atoms with Gasteiger partial charge in [0.1, 0.15) is 0 Å². The molecule has 0 saturated heterocycles. The van der Waals surface area contributed by atoms with Crippen molar-refractivity contribution >= 4 is 0 Å². The number of aryl methyl sites for hydroxylation is 1. The van der Waals surface area contributed by atoms with E-state index >= 15 is 0 Å². The Morgan fingerprint density at radius 3 is 2.21 bits per heavy atom. The van der Waals surface area contributed by atoms with Crippen LogP contribution in [0.15, 0.2) is 0 Å². The van der Waals surface area contributed by atoms with Crippen LogP contribution in [0, 0.1) is 0 Å². The molecule has 0 unspecified atom stereocenters. The maximum absolute atomic E-state index is 4.24. The van der Waals surface area contributed by atoms with E-state index in [0.29, 0.717) is 6.04 Å². The summed E-state index contributed by atoms with van der Waals surface area (Å²) >= 11 is 0. The molecule has 3 nitrogen and oxygen atoms in total. The minimum atomic E-state index is 0.124. The molecule has 0 saturated carbocycles. The van der Waals surface area contributed by atoms with Crippen molar-refractivity contribution in [1.82, 2.24) is 15.0 Å². The molecule has 80 valence electrons. The zero-order valence-corrected chi connectivity index (χ0v) is 10.1. The quantitative estimate of drug-likeness (QED) is 0.726. The summed E-state index contributed by atoms with van der Waals surface area (Å²) in [7, 11) is 0. The van der Waals surface area contributed by atoms with Crippen LogP contribution in [0.2, 0.25) is 0 Å². The van der Waals surface area contributed by atoms with Crippen molar-refractivity contribution in [2.45, 2.75) is 59.4 Å². The fraction of sp³-hybridized carbons (Fsp3) is 0.818.